The summed E-state index contributed by atoms with van der Waals surface area (Å²) in [6, 6.07) is 12.2. The van der Waals surface area contributed by atoms with Gasteiger partial charge in [-0.2, -0.15) is 8.42 Å². The topological polar surface area (TPSA) is 94.8 Å². The summed E-state index contributed by atoms with van der Waals surface area (Å²) in [6.07, 6.45) is 0. The second-order valence-electron chi connectivity index (χ2n) is 6.03. The third-order valence-electron chi connectivity index (χ3n) is 4.43. The van der Waals surface area contributed by atoms with E-state index in [4.69, 9.17) is 46.4 Å². The molecule has 0 saturated carbocycles. The minimum Gasteiger partial charge on any atom is -0.506 e. The van der Waals surface area contributed by atoms with Crippen LogP contribution in [0.25, 0.3) is 0 Å². The lowest BCUT2D eigenvalue weighted by molar-refractivity contribution is 0.431. The third-order valence-corrected chi connectivity index (χ3v) is 7.18. The molecule has 0 aromatic heterocycles. The molecule has 0 spiro atoms. The van der Waals surface area contributed by atoms with Gasteiger partial charge in [0.15, 0.2) is 4.75 Å². The molecule has 0 aliphatic heterocycles. The average Bonchev–Trinajstić information content (AvgIpc) is 2.63. The molecule has 3 aromatic carbocycles. The first-order chi connectivity index (χ1) is 13.5. The Morgan fingerprint density at radius 2 is 1.28 bits per heavy atom. The highest BCUT2D eigenvalue weighted by atomic mass is 35.5. The molecule has 0 aliphatic carbocycles. The summed E-state index contributed by atoms with van der Waals surface area (Å²) >= 11 is 24.9. The molecule has 0 heterocycles. The summed E-state index contributed by atoms with van der Waals surface area (Å²) in [4.78, 5) is 0. The molecule has 1 unspecified atom stereocenters. The van der Waals surface area contributed by atoms with Crippen LogP contribution in [0.15, 0.2) is 54.6 Å². The van der Waals surface area contributed by atoms with Gasteiger partial charge >= 0.3 is 0 Å². The minimum atomic E-state index is -5.16. The van der Waals surface area contributed by atoms with Crippen LogP contribution in [0, 0.1) is 0 Å². The molecule has 3 N–H and O–H groups in total. The molecule has 29 heavy (non-hydrogen) atoms. The standard InChI is InChI=1S/C19H12Cl4O5S/c20-12-5-2-1-4-10(12)19(29(26,27)28,16-13(21)6-3-7-14(16)22)11-8-9-15(24)17(23)18(11)25/h1-9,24-25H,(H,26,27,28). The van der Waals surface area contributed by atoms with Crippen molar-refractivity contribution >= 4 is 56.5 Å². The fourth-order valence-corrected chi connectivity index (χ4v) is 5.91. The van der Waals surface area contributed by atoms with E-state index in [0.29, 0.717) is 0 Å². The molecule has 0 amide bonds. The van der Waals surface area contributed by atoms with Crippen molar-refractivity contribution < 1.29 is 23.2 Å². The van der Waals surface area contributed by atoms with Gasteiger partial charge in [-0.3, -0.25) is 4.55 Å². The zero-order chi connectivity index (χ0) is 21.6. The number of hydrogen-bond donors (Lipinski definition) is 3. The van der Waals surface area contributed by atoms with Crippen molar-refractivity contribution in [3.05, 3.63) is 91.4 Å². The maximum Gasteiger partial charge on any atom is 0.283 e. The van der Waals surface area contributed by atoms with Crippen LogP contribution in [0.2, 0.25) is 20.1 Å². The van der Waals surface area contributed by atoms with Crippen molar-refractivity contribution in [2.75, 3.05) is 0 Å². The van der Waals surface area contributed by atoms with Gasteiger partial charge in [-0.1, -0.05) is 70.7 Å². The van der Waals surface area contributed by atoms with Crippen LogP contribution < -0.4 is 0 Å². The van der Waals surface area contributed by atoms with Crippen LogP contribution in [0.5, 0.6) is 11.5 Å². The average molecular weight is 494 g/mol. The highest BCUT2D eigenvalue weighted by Crippen LogP contribution is 2.54. The fourth-order valence-electron chi connectivity index (χ4n) is 3.24. The number of benzene rings is 3. The van der Waals surface area contributed by atoms with E-state index in [-0.39, 0.29) is 26.2 Å². The molecular formula is C19H12Cl4O5S. The summed E-state index contributed by atoms with van der Waals surface area (Å²) in [7, 11) is -5.16. The van der Waals surface area contributed by atoms with Gasteiger partial charge in [-0.05, 0) is 30.3 Å². The maximum atomic E-state index is 13.0. The van der Waals surface area contributed by atoms with Gasteiger partial charge in [0.2, 0.25) is 0 Å². The van der Waals surface area contributed by atoms with Crippen LogP contribution >= 0.6 is 46.4 Å². The van der Waals surface area contributed by atoms with Gasteiger partial charge < -0.3 is 10.2 Å². The highest BCUT2D eigenvalue weighted by molar-refractivity contribution is 7.87. The van der Waals surface area contributed by atoms with Crippen LogP contribution in [-0.2, 0) is 14.9 Å². The number of halogens is 4. The molecule has 152 valence electrons. The van der Waals surface area contributed by atoms with Crippen LogP contribution in [0.3, 0.4) is 0 Å². The number of phenolic OH excluding ortho intramolecular Hbond substituents is 2. The molecule has 0 radical (unpaired) electrons. The van der Waals surface area contributed by atoms with Gasteiger partial charge in [-0.15, -0.1) is 0 Å². The van der Waals surface area contributed by atoms with E-state index in [9.17, 15) is 23.2 Å². The molecule has 0 bridgehead atoms. The van der Waals surface area contributed by atoms with Gasteiger partial charge in [0.1, 0.15) is 16.5 Å². The van der Waals surface area contributed by atoms with E-state index in [0.717, 1.165) is 12.1 Å². The van der Waals surface area contributed by atoms with E-state index in [2.05, 4.69) is 0 Å². The second-order valence-corrected chi connectivity index (χ2v) is 9.19. The lowest BCUT2D eigenvalue weighted by Crippen LogP contribution is -2.39. The number of phenols is 2. The minimum absolute atomic E-state index is 0.0512. The van der Waals surface area contributed by atoms with Crippen molar-refractivity contribution in [2.45, 2.75) is 4.75 Å². The lowest BCUT2D eigenvalue weighted by atomic mass is 9.83. The smallest absolute Gasteiger partial charge is 0.283 e. The maximum absolute atomic E-state index is 13.0. The number of hydrogen-bond acceptors (Lipinski definition) is 4. The van der Waals surface area contributed by atoms with Crippen LogP contribution in [0.4, 0.5) is 0 Å². The Labute approximate surface area is 186 Å². The largest absolute Gasteiger partial charge is 0.506 e. The van der Waals surface area contributed by atoms with Crippen molar-refractivity contribution in [3.8, 4) is 11.5 Å². The fraction of sp³-hybridized carbons (Fsp3) is 0.0526. The zero-order valence-electron chi connectivity index (χ0n) is 14.3. The van der Waals surface area contributed by atoms with E-state index in [1.54, 1.807) is 6.07 Å². The Bertz CT molecular complexity index is 1190. The Hall–Kier alpha value is -1.67. The van der Waals surface area contributed by atoms with Gasteiger partial charge in [0, 0.05) is 31.8 Å². The van der Waals surface area contributed by atoms with Gasteiger partial charge in [0.05, 0.1) is 0 Å². The van der Waals surface area contributed by atoms with E-state index < -0.39 is 37.0 Å². The quantitative estimate of drug-likeness (QED) is 0.311. The summed E-state index contributed by atoms with van der Waals surface area (Å²) in [6.45, 7) is 0. The van der Waals surface area contributed by atoms with Crippen LogP contribution in [-0.4, -0.2) is 23.2 Å². The Kier molecular flexibility index (Phi) is 5.98. The summed E-state index contributed by atoms with van der Waals surface area (Å²) < 4.78 is 34.0. The Balaban J connectivity index is 2.68. The Morgan fingerprint density at radius 1 is 0.724 bits per heavy atom. The zero-order valence-corrected chi connectivity index (χ0v) is 18.1. The molecule has 5 nitrogen and oxygen atoms in total. The SMILES string of the molecule is O=S(=O)(O)C(c1ccccc1Cl)(c1ccc(O)c(Cl)c1O)c1c(Cl)cccc1Cl. The van der Waals surface area contributed by atoms with Crippen molar-refractivity contribution in [2.24, 2.45) is 0 Å². The molecule has 3 rings (SSSR count). The van der Waals surface area contributed by atoms with Crippen molar-refractivity contribution in [1.82, 2.24) is 0 Å². The first-order valence-electron chi connectivity index (χ1n) is 7.91. The van der Waals surface area contributed by atoms with E-state index >= 15 is 0 Å². The molecular weight excluding hydrogens is 482 g/mol. The molecule has 1 atom stereocenters. The van der Waals surface area contributed by atoms with Crippen molar-refractivity contribution in [3.63, 3.8) is 0 Å². The first-order valence-corrected chi connectivity index (χ1v) is 10.9. The van der Waals surface area contributed by atoms with E-state index in [1.165, 1.54) is 36.4 Å². The highest BCUT2D eigenvalue weighted by Gasteiger charge is 2.53. The lowest BCUT2D eigenvalue weighted by Gasteiger charge is -2.35. The molecule has 0 fully saturated rings. The second kappa shape index (κ2) is 7.87. The molecule has 10 heteroatoms. The number of rotatable bonds is 4. The van der Waals surface area contributed by atoms with Crippen LogP contribution in [0.1, 0.15) is 16.7 Å². The van der Waals surface area contributed by atoms with Gasteiger partial charge in [0.25, 0.3) is 10.1 Å². The van der Waals surface area contributed by atoms with E-state index in [1.807, 2.05) is 0 Å². The molecule has 3 aromatic rings. The van der Waals surface area contributed by atoms with Crippen molar-refractivity contribution in [1.29, 1.82) is 0 Å². The summed E-state index contributed by atoms with van der Waals surface area (Å²) in [5.41, 5.74) is -0.766. The number of aromatic hydroxyl groups is 2. The van der Waals surface area contributed by atoms with Gasteiger partial charge in [-0.25, -0.2) is 0 Å². The predicted octanol–water partition coefficient (Wildman–Crippen LogP) is 5.89. The first kappa shape index (κ1) is 22.0. The normalized spacial score (nSPS) is 13.8. The molecule has 0 saturated heterocycles. The predicted molar refractivity (Wildman–Crippen MR) is 114 cm³/mol. The summed E-state index contributed by atoms with van der Waals surface area (Å²) in [5, 5.41) is 19.7. The Morgan fingerprint density at radius 3 is 1.83 bits per heavy atom. The summed E-state index contributed by atoms with van der Waals surface area (Å²) in [5.74, 6) is -1.29. The third kappa shape index (κ3) is 3.44. The molecule has 0 aliphatic rings. The monoisotopic (exact) mass is 492 g/mol.